The largest absolute Gasteiger partial charge is 0.439 e. The van der Waals surface area contributed by atoms with E-state index in [4.69, 9.17) is 9.40 Å². The molecule has 0 spiro atoms. The van der Waals surface area contributed by atoms with Gasteiger partial charge in [0.15, 0.2) is 5.58 Å². The van der Waals surface area contributed by atoms with Crippen LogP contribution in [0.2, 0.25) is 0 Å². The number of nitrogens with zero attached hydrogens (tertiary/aromatic N) is 3. The van der Waals surface area contributed by atoms with E-state index in [9.17, 15) is 9.59 Å². The van der Waals surface area contributed by atoms with Crippen LogP contribution in [0.15, 0.2) is 21.3 Å². The van der Waals surface area contributed by atoms with Crippen molar-refractivity contribution in [1.29, 1.82) is 0 Å². The van der Waals surface area contributed by atoms with E-state index in [1.165, 1.54) is 0 Å². The van der Waals surface area contributed by atoms with Gasteiger partial charge in [-0.1, -0.05) is 0 Å². The Bertz CT molecular complexity index is 1310. The first-order valence-electron chi connectivity index (χ1n) is 12.6. The van der Waals surface area contributed by atoms with Gasteiger partial charge < -0.3 is 24.5 Å². The van der Waals surface area contributed by atoms with Crippen LogP contribution in [-0.4, -0.2) is 59.0 Å². The first-order valence-corrected chi connectivity index (χ1v) is 13.7. The maximum atomic E-state index is 13.7. The van der Waals surface area contributed by atoms with Crippen LogP contribution in [0.1, 0.15) is 58.4 Å². The summed E-state index contributed by atoms with van der Waals surface area (Å²) in [5, 5.41) is 2.99. The lowest BCUT2D eigenvalue weighted by atomic mass is 10.00. The summed E-state index contributed by atoms with van der Waals surface area (Å²) in [5.74, 6) is 2.62. The molecule has 1 aliphatic heterocycles. The van der Waals surface area contributed by atoms with Crippen LogP contribution in [0.5, 0.6) is 0 Å². The number of aryl methyl sites for hydroxylation is 2. The number of rotatable bonds is 8. The molecule has 1 amide bonds. The number of benzene rings is 1. The SMILES string of the molecule is CCN(c1cc2oc(CN(C)C)nc2c(C(=O)NCc2c(C)cc(C)[nH]c2=O)c1C)C1CCSCC1. The molecule has 9 heteroatoms. The lowest BCUT2D eigenvalue weighted by molar-refractivity contribution is 0.0951. The van der Waals surface area contributed by atoms with Gasteiger partial charge >= 0.3 is 0 Å². The molecule has 1 aromatic carbocycles. The number of thioether (sulfide) groups is 1. The molecule has 2 N–H and O–H groups in total. The van der Waals surface area contributed by atoms with Gasteiger partial charge in [0, 0.05) is 42.1 Å². The summed E-state index contributed by atoms with van der Waals surface area (Å²) in [6.45, 7) is 9.43. The van der Waals surface area contributed by atoms with Gasteiger partial charge in [0.05, 0.1) is 12.1 Å². The number of hydrogen-bond acceptors (Lipinski definition) is 7. The quantitative estimate of drug-likeness (QED) is 0.469. The fourth-order valence-corrected chi connectivity index (χ4v) is 6.17. The zero-order valence-corrected chi connectivity index (χ0v) is 23.0. The molecular weight excluding hydrogens is 474 g/mol. The summed E-state index contributed by atoms with van der Waals surface area (Å²) in [7, 11) is 3.92. The first kappa shape index (κ1) is 26.3. The summed E-state index contributed by atoms with van der Waals surface area (Å²) in [6.07, 6.45) is 2.24. The molecule has 0 aliphatic carbocycles. The summed E-state index contributed by atoms with van der Waals surface area (Å²) in [4.78, 5) is 38.1. The minimum absolute atomic E-state index is 0.144. The summed E-state index contributed by atoms with van der Waals surface area (Å²) in [5.41, 5.74) is 5.64. The molecule has 0 radical (unpaired) electrons. The summed E-state index contributed by atoms with van der Waals surface area (Å²) in [6, 6.07) is 4.40. The molecule has 2 aromatic heterocycles. The number of H-pyrrole nitrogens is 1. The van der Waals surface area contributed by atoms with Gasteiger partial charge in [0.1, 0.15) is 5.52 Å². The van der Waals surface area contributed by atoms with Crippen molar-refractivity contribution in [2.24, 2.45) is 0 Å². The van der Waals surface area contributed by atoms with Crippen molar-refractivity contribution in [3.05, 3.63) is 56.3 Å². The molecule has 1 aliphatic rings. The molecule has 0 unspecified atom stereocenters. The molecule has 1 fully saturated rings. The van der Waals surface area contributed by atoms with Gasteiger partial charge in [-0.05, 0) is 83.3 Å². The standard InChI is InChI=1S/C27H37N5O3S/c1-7-32(19-8-10-36-11-9-19)21-13-22-25(30-23(35-22)15-31(5)6)24(18(21)4)27(34)28-14-20-16(2)12-17(3)29-26(20)33/h12-13,19H,7-11,14-15H2,1-6H3,(H,28,34)(H,29,33). The van der Waals surface area contributed by atoms with E-state index in [2.05, 4.69) is 22.1 Å². The zero-order chi connectivity index (χ0) is 26.0. The molecule has 194 valence electrons. The lowest BCUT2D eigenvalue weighted by Gasteiger charge is -2.36. The van der Waals surface area contributed by atoms with Gasteiger partial charge in [0.2, 0.25) is 5.89 Å². The highest BCUT2D eigenvalue weighted by atomic mass is 32.2. The van der Waals surface area contributed by atoms with Crippen LogP contribution in [0, 0.1) is 20.8 Å². The van der Waals surface area contributed by atoms with Gasteiger partial charge in [-0.3, -0.25) is 9.59 Å². The van der Waals surface area contributed by atoms with E-state index in [1.54, 1.807) is 0 Å². The van der Waals surface area contributed by atoms with Crippen LogP contribution in [0.3, 0.4) is 0 Å². The number of aromatic amines is 1. The maximum Gasteiger partial charge on any atom is 0.254 e. The molecule has 8 nitrogen and oxygen atoms in total. The number of carbonyl (C=O) groups is 1. The maximum absolute atomic E-state index is 13.7. The van der Waals surface area contributed by atoms with E-state index >= 15 is 0 Å². The van der Waals surface area contributed by atoms with Gasteiger partial charge in [-0.25, -0.2) is 4.98 Å². The Hall–Kier alpha value is -2.78. The second-order valence-corrected chi connectivity index (χ2v) is 11.1. The average molecular weight is 512 g/mol. The highest BCUT2D eigenvalue weighted by Crippen LogP contribution is 2.35. The third kappa shape index (κ3) is 5.47. The number of carbonyl (C=O) groups excluding carboxylic acids is 1. The lowest BCUT2D eigenvalue weighted by Crippen LogP contribution is -2.38. The van der Waals surface area contributed by atoms with Gasteiger partial charge in [0.25, 0.3) is 11.5 Å². The van der Waals surface area contributed by atoms with Crippen LogP contribution < -0.4 is 15.8 Å². The second kappa shape index (κ2) is 11.1. The zero-order valence-electron chi connectivity index (χ0n) is 22.2. The van der Waals surface area contributed by atoms with Crippen molar-refractivity contribution in [2.75, 3.05) is 37.0 Å². The fourth-order valence-electron chi connectivity index (χ4n) is 5.09. The number of anilines is 1. The number of oxazole rings is 1. The van der Waals surface area contributed by atoms with Crippen LogP contribution in [-0.2, 0) is 13.1 Å². The van der Waals surface area contributed by atoms with E-state index in [0.29, 0.717) is 40.7 Å². The third-order valence-electron chi connectivity index (χ3n) is 6.84. The predicted octanol–water partition coefficient (Wildman–Crippen LogP) is 4.15. The Morgan fingerprint density at radius 2 is 1.94 bits per heavy atom. The van der Waals surface area contributed by atoms with E-state index < -0.39 is 0 Å². The number of amides is 1. The highest BCUT2D eigenvalue weighted by Gasteiger charge is 2.27. The monoisotopic (exact) mass is 511 g/mol. The van der Waals surface area contributed by atoms with Crippen molar-refractivity contribution in [1.82, 2.24) is 20.2 Å². The van der Waals surface area contributed by atoms with Gasteiger partial charge in [-0.2, -0.15) is 11.8 Å². The number of aromatic nitrogens is 2. The Balaban J connectivity index is 1.76. The number of fused-ring (bicyclic) bond motifs is 1. The number of hydrogen-bond donors (Lipinski definition) is 2. The number of pyridine rings is 1. The summed E-state index contributed by atoms with van der Waals surface area (Å²) >= 11 is 2.00. The van der Waals surface area contributed by atoms with E-state index in [-0.39, 0.29) is 18.0 Å². The molecule has 3 heterocycles. The molecule has 4 rings (SSSR count). The van der Waals surface area contributed by atoms with Crippen molar-refractivity contribution < 1.29 is 9.21 Å². The Morgan fingerprint density at radius 1 is 1.22 bits per heavy atom. The minimum atomic E-state index is -0.251. The van der Waals surface area contributed by atoms with Gasteiger partial charge in [-0.15, -0.1) is 0 Å². The molecule has 36 heavy (non-hydrogen) atoms. The predicted molar refractivity (Wildman–Crippen MR) is 147 cm³/mol. The normalized spacial score (nSPS) is 14.5. The highest BCUT2D eigenvalue weighted by molar-refractivity contribution is 7.99. The topological polar surface area (TPSA) is 94.5 Å². The van der Waals surface area contributed by atoms with Crippen molar-refractivity contribution >= 4 is 34.5 Å². The van der Waals surface area contributed by atoms with Crippen molar-refractivity contribution in [2.45, 2.75) is 59.7 Å². The molecule has 0 atom stereocenters. The number of nitrogens with one attached hydrogen (secondary N) is 2. The van der Waals surface area contributed by atoms with Crippen LogP contribution >= 0.6 is 11.8 Å². The molecule has 3 aromatic rings. The Kier molecular flexibility index (Phi) is 8.10. The smallest absolute Gasteiger partial charge is 0.254 e. The second-order valence-electron chi connectivity index (χ2n) is 9.84. The molecule has 1 saturated heterocycles. The Labute approximate surface area is 216 Å². The van der Waals surface area contributed by atoms with Crippen LogP contribution in [0.4, 0.5) is 5.69 Å². The molecule has 0 saturated carbocycles. The fraction of sp³-hybridized carbons (Fsp3) is 0.519. The molecule has 0 bridgehead atoms. The first-order chi connectivity index (χ1) is 17.2. The van der Waals surface area contributed by atoms with Crippen molar-refractivity contribution in [3.8, 4) is 0 Å². The third-order valence-corrected chi connectivity index (χ3v) is 7.89. The van der Waals surface area contributed by atoms with Crippen LogP contribution in [0.25, 0.3) is 11.1 Å². The summed E-state index contributed by atoms with van der Waals surface area (Å²) < 4.78 is 6.14. The Morgan fingerprint density at radius 3 is 2.58 bits per heavy atom. The van der Waals surface area contributed by atoms with E-state index in [1.807, 2.05) is 63.7 Å². The van der Waals surface area contributed by atoms with E-state index in [0.717, 1.165) is 53.4 Å². The average Bonchev–Trinajstić information content (AvgIpc) is 3.20. The molecular formula is C27H37N5O3S. The minimum Gasteiger partial charge on any atom is -0.439 e. The van der Waals surface area contributed by atoms with Crippen molar-refractivity contribution in [3.63, 3.8) is 0 Å².